The number of nitrogens with two attached hydrogens (primary N) is 1. The number of carbonyl (C=O) groups excluding carboxylic acids is 2. The van der Waals surface area contributed by atoms with Gasteiger partial charge in [-0.25, -0.2) is 0 Å². The molecule has 0 fully saturated rings. The average molecular weight is 370 g/mol. The van der Waals surface area contributed by atoms with Crippen molar-refractivity contribution < 1.29 is 9.59 Å². The average Bonchev–Trinajstić information content (AvgIpc) is 2.43. The van der Waals surface area contributed by atoms with Crippen molar-refractivity contribution in [3.05, 3.63) is 34.3 Å². The molecule has 0 aliphatic carbocycles. The summed E-state index contributed by atoms with van der Waals surface area (Å²) in [5.41, 5.74) is 5.81. The lowest BCUT2D eigenvalue weighted by Gasteiger charge is -2.31. The van der Waals surface area contributed by atoms with E-state index in [0.717, 1.165) is 10.9 Å². The molecule has 5 nitrogen and oxygen atoms in total. The number of carbonyl (C=O) groups is 2. The molecule has 0 radical (unpaired) electrons. The summed E-state index contributed by atoms with van der Waals surface area (Å²) in [4.78, 5) is 24.0. The number of nitrogens with one attached hydrogen (secondary N) is 2. The lowest BCUT2D eigenvalue weighted by Crippen LogP contribution is -2.54. The van der Waals surface area contributed by atoms with Crippen LogP contribution in [-0.2, 0) is 4.79 Å². The highest BCUT2D eigenvalue weighted by molar-refractivity contribution is 9.10. The third-order valence-electron chi connectivity index (χ3n) is 3.25. The lowest BCUT2D eigenvalue weighted by molar-refractivity contribution is -0.121. The van der Waals surface area contributed by atoms with Gasteiger partial charge in [0.2, 0.25) is 5.91 Å². The van der Waals surface area contributed by atoms with Crippen LogP contribution < -0.4 is 16.4 Å². The summed E-state index contributed by atoms with van der Waals surface area (Å²) in [6.45, 7) is 6.36. The van der Waals surface area contributed by atoms with E-state index in [-0.39, 0.29) is 18.4 Å². The van der Waals surface area contributed by atoms with E-state index in [1.807, 2.05) is 13.0 Å². The van der Waals surface area contributed by atoms with Crippen molar-refractivity contribution in [2.75, 3.05) is 13.1 Å². The summed E-state index contributed by atoms with van der Waals surface area (Å²) >= 11 is 3.31. The van der Waals surface area contributed by atoms with E-state index in [1.54, 1.807) is 18.2 Å². The van der Waals surface area contributed by atoms with E-state index in [9.17, 15) is 9.59 Å². The second-order valence-electron chi connectivity index (χ2n) is 6.10. The Balaban J connectivity index is 2.53. The molecular weight excluding hydrogens is 346 g/mol. The highest BCUT2D eigenvalue weighted by atomic mass is 79.9. The minimum atomic E-state index is -0.453. The van der Waals surface area contributed by atoms with Crippen molar-refractivity contribution in [1.29, 1.82) is 0 Å². The summed E-state index contributed by atoms with van der Waals surface area (Å²) in [7, 11) is 0. The fourth-order valence-corrected chi connectivity index (χ4v) is 2.76. The molecule has 0 saturated heterocycles. The molecule has 0 aliphatic heterocycles. The maximum Gasteiger partial charge on any atom is 0.251 e. The first-order valence-electron chi connectivity index (χ1n) is 7.30. The fraction of sp³-hybridized carbons (Fsp3) is 0.500. The van der Waals surface area contributed by atoms with Crippen molar-refractivity contribution in [3.63, 3.8) is 0 Å². The van der Waals surface area contributed by atoms with Gasteiger partial charge < -0.3 is 16.4 Å². The highest BCUT2D eigenvalue weighted by Gasteiger charge is 2.25. The van der Waals surface area contributed by atoms with Gasteiger partial charge in [-0.15, -0.1) is 0 Å². The minimum Gasteiger partial charge on any atom is -0.348 e. The molecule has 0 aliphatic rings. The van der Waals surface area contributed by atoms with Crippen LogP contribution in [0.3, 0.4) is 0 Å². The third kappa shape index (κ3) is 6.15. The SMILES string of the molecule is CC(C)CC(C)(CN)NC(=O)CNC(=O)c1cccc(Br)c1. The molecule has 122 valence electrons. The standard InChI is InChI=1S/C16H24BrN3O2/c1-11(2)8-16(3,10-18)20-14(21)9-19-15(22)12-5-4-6-13(17)7-12/h4-7,11H,8-10,18H2,1-3H3,(H,19,22)(H,20,21). The van der Waals surface area contributed by atoms with E-state index < -0.39 is 5.54 Å². The number of amides is 2. The van der Waals surface area contributed by atoms with Gasteiger partial charge in [0.15, 0.2) is 0 Å². The molecule has 1 aromatic rings. The summed E-state index contributed by atoms with van der Waals surface area (Å²) in [5.74, 6) is -0.100. The smallest absolute Gasteiger partial charge is 0.251 e. The molecular formula is C16H24BrN3O2. The molecule has 1 unspecified atom stereocenters. The quantitative estimate of drug-likeness (QED) is 0.687. The molecule has 0 aromatic heterocycles. The number of hydrogen-bond donors (Lipinski definition) is 3. The van der Waals surface area contributed by atoms with Crippen LogP contribution in [-0.4, -0.2) is 30.4 Å². The maximum atomic E-state index is 12.0. The van der Waals surface area contributed by atoms with Gasteiger partial charge in [-0.3, -0.25) is 9.59 Å². The molecule has 6 heteroatoms. The number of rotatable bonds is 7. The second-order valence-corrected chi connectivity index (χ2v) is 7.02. The third-order valence-corrected chi connectivity index (χ3v) is 3.74. The van der Waals surface area contributed by atoms with Gasteiger partial charge in [0.25, 0.3) is 5.91 Å². The first kappa shape index (κ1) is 18.6. The molecule has 0 heterocycles. The first-order valence-corrected chi connectivity index (χ1v) is 8.10. The van der Waals surface area contributed by atoms with E-state index in [4.69, 9.17) is 5.73 Å². The van der Waals surface area contributed by atoms with E-state index in [1.165, 1.54) is 0 Å². The molecule has 22 heavy (non-hydrogen) atoms. The van der Waals surface area contributed by atoms with Crippen molar-refractivity contribution in [2.45, 2.75) is 32.7 Å². The van der Waals surface area contributed by atoms with E-state index in [0.29, 0.717) is 18.0 Å². The zero-order valence-electron chi connectivity index (χ0n) is 13.3. The zero-order chi connectivity index (χ0) is 16.8. The largest absolute Gasteiger partial charge is 0.348 e. The zero-order valence-corrected chi connectivity index (χ0v) is 14.9. The predicted octanol–water partition coefficient (Wildman–Crippen LogP) is 2.06. The Bertz CT molecular complexity index is 534. The Kier molecular flexibility index (Phi) is 7.03. The van der Waals surface area contributed by atoms with Crippen molar-refractivity contribution >= 4 is 27.7 Å². The minimum absolute atomic E-state index is 0.0704. The van der Waals surface area contributed by atoms with Crippen LogP contribution in [0, 0.1) is 5.92 Å². The number of benzene rings is 1. The normalized spacial score (nSPS) is 13.5. The van der Waals surface area contributed by atoms with Crippen LogP contribution in [0.1, 0.15) is 37.6 Å². The maximum absolute atomic E-state index is 12.0. The lowest BCUT2D eigenvalue weighted by atomic mass is 9.91. The van der Waals surface area contributed by atoms with Crippen LogP contribution in [0.2, 0.25) is 0 Å². The predicted molar refractivity (Wildman–Crippen MR) is 91.5 cm³/mol. The molecule has 1 rings (SSSR count). The fourth-order valence-electron chi connectivity index (χ4n) is 2.36. The van der Waals surface area contributed by atoms with Gasteiger partial charge in [-0.05, 0) is 37.5 Å². The van der Waals surface area contributed by atoms with Crippen LogP contribution in [0.5, 0.6) is 0 Å². The van der Waals surface area contributed by atoms with Gasteiger partial charge >= 0.3 is 0 Å². The van der Waals surface area contributed by atoms with Crippen molar-refractivity contribution in [1.82, 2.24) is 10.6 Å². The molecule has 0 spiro atoms. The van der Waals surface area contributed by atoms with Gasteiger partial charge in [0.1, 0.15) is 0 Å². The summed E-state index contributed by atoms with van der Waals surface area (Å²) < 4.78 is 0.817. The summed E-state index contributed by atoms with van der Waals surface area (Å²) in [6, 6.07) is 7.01. The summed E-state index contributed by atoms with van der Waals surface area (Å²) in [5, 5.41) is 5.52. The molecule has 2 amide bonds. The molecule has 1 aromatic carbocycles. The van der Waals surface area contributed by atoms with Gasteiger partial charge in [-0.2, -0.15) is 0 Å². The van der Waals surface area contributed by atoms with Gasteiger partial charge in [0, 0.05) is 22.1 Å². The van der Waals surface area contributed by atoms with Crippen LogP contribution in [0.25, 0.3) is 0 Å². The second kappa shape index (κ2) is 8.29. The molecule has 1 atom stereocenters. The van der Waals surface area contributed by atoms with Crippen molar-refractivity contribution in [2.24, 2.45) is 11.7 Å². The van der Waals surface area contributed by atoms with Crippen LogP contribution >= 0.6 is 15.9 Å². The summed E-state index contributed by atoms with van der Waals surface area (Å²) in [6.07, 6.45) is 0.787. The van der Waals surface area contributed by atoms with Gasteiger partial charge in [-0.1, -0.05) is 35.8 Å². The van der Waals surface area contributed by atoms with Gasteiger partial charge in [0.05, 0.1) is 6.54 Å². The van der Waals surface area contributed by atoms with E-state index in [2.05, 4.69) is 40.4 Å². The number of halogens is 1. The highest BCUT2D eigenvalue weighted by Crippen LogP contribution is 2.15. The molecule has 4 N–H and O–H groups in total. The Morgan fingerprint density at radius 2 is 2.05 bits per heavy atom. The van der Waals surface area contributed by atoms with E-state index >= 15 is 0 Å². The monoisotopic (exact) mass is 369 g/mol. The van der Waals surface area contributed by atoms with Crippen molar-refractivity contribution in [3.8, 4) is 0 Å². The first-order chi connectivity index (χ1) is 10.3. The van der Waals surface area contributed by atoms with Crippen LogP contribution in [0.15, 0.2) is 28.7 Å². The Morgan fingerprint density at radius 3 is 2.59 bits per heavy atom. The molecule has 0 bridgehead atoms. The number of hydrogen-bond acceptors (Lipinski definition) is 3. The topological polar surface area (TPSA) is 84.2 Å². The Morgan fingerprint density at radius 1 is 1.36 bits per heavy atom. The Hall–Kier alpha value is -1.40. The Labute approximate surface area is 140 Å². The van der Waals surface area contributed by atoms with Crippen LogP contribution in [0.4, 0.5) is 0 Å². The molecule has 0 saturated carbocycles.